The minimum Gasteiger partial charge on any atom is -0.478 e. The van der Waals surface area contributed by atoms with Crippen molar-refractivity contribution in [2.45, 2.75) is 13.8 Å². The Balaban J connectivity index is 2.40. The Morgan fingerprint density at radius 1 is 1.48 bits per heavy atom. The monoisotopic (exact) mass is 284 g/mol. The fraction of sp³-hybridized carbons (Fsp3) is 0.154. The average Bonchev–Trinajstić information content (AvgIpc) is 2.94. The third-order valence-corrected chi connectivity index (χ3v) is 2.78. The van der Waals surface area contributed by atoms with Crippen LogP contribution in [0, 0.1) is 25.2 Å². The first-order chi connectivity index (χ1) is 10.0. The van der Waals surface area contributed by atoms with E-state index in [0.717, 1.165) is 11.1 Å². The number of aromatic amines is 1. The first kappa shape index (κ1) is 14.2. The molecule has 106 valence electrons. The second-order valence-corrected chi connectivity index (χ2v) is 4.36. The predicted molar refractivity (Wildman–Crippen MR) is 74.3 cm³/mol. The van der Waals surface area contributed by atoms with Gasteiger partial charge in [0.2, 0.25) is 5.82 Å². The van der Waals surface area contributed by atoms with E-state index >= 15 is 0 Å². The van der Waals surface area contributed by atoms with E-state index in [1.807, 2.05) is 19.1 Å². The molecule has 0 spiro atoms. The van der Waals surface area contributed by atoms with Gasteiger partial charge < -0.3 is 10.4 Å². The van der Waals surface area contributed by atoms with Crippen molar-refractivity contribution in [2.75, 3.05) is 5.32 Å². The number of aryl methyl sites for hydroxylation is 2. The zero-order valence-electron chi connectivity index (χ0n) is 11.4. The highest BCUT2D eigenvalue weighted by atomic mass is 16.4. The standard InChI is InChI=1S/C13H12N6O2/c1-7-3-8(2)11(10(4-7)13(20)21)15-6-9(5-14)12-16-18-19-17-12/h3-4,6,15H,1-2H3,(H,20,21)(H,16,17,18,19). The molecule has 8 heteroatoms. The summed E-state index contributed by atoms with van der Waals surface area (Å²) in [4.78, 5) is 11.3. The number of hydrogen-bond donors (Lipinski definition) is 3. The van der Waals surface area contributed by atoms with Gasteiger partial charge in [-0.15, -0.1) is 10.2 Å². The lowest BCUT2D eigenvalue weighted by atomic mass is 10.0. The molecular formula is C13H12N6O2. The quantitative estimate of drug-likeness (QED) is 0.725. The van der Waals surface area contributed by atoms with Gasteiger partial charge in [0.05, 0.1) is 11.3 Å². The maximum absolute atomic E-state index is 11.3. The minimum absolute atomic E-state index is 0.131. The van der Waals surface area contributed by atoms with E-state index in [2.05, 4.69) is 25.9 Å². The number of carboxylic acids is 1. The van der Waals surface area contributed by atoms with Gasteiger partial charge in [0.25, 0.3) is 0 Å². The summed E-state index contributed by atoms with van der Waals surface area (Å²) in [5.74, 6) is -0.914. The maximum Gasteiger partial charge on any atom is 0.337 e. The Kier molecular flexibility index (Phi) is 3.95. The molecule has 1 aromatic heterocycles. The molecule has 0 bridgehead atoms. The molecule has 1 heterocycles. The number of hydrogen-bond acceptors (Lipinski definition) is 6. The number of nitrogens with one attached hydrogen (secondary N) is 2. The molecule has 0 saturated carbocycles. The van der Waals surface area contributed by atoms with Crippen LogP contribution in [0.4, 0.5) is 5.69 Å². The summed E-state index contributed by atoms with van der Waals surface area (Å²) in [5.41, 5.74) is 2.30. The van der Waals surface area contributed by atoms with E-state index in [4.69, 9.17) is 5.26 Å². The molecule has 0 aliphatic heterocycles. The SMILES string of the molecule is Cc1cc(C)c(NC=C(C#N)c2nn[nH]n2)c(C(=O)O)c1. The van der Waals surface area contributed by atoms with E-state index in [1.165, 1.54) is 6.20 Å². The summed E-state index contributed by atoms with van der Waals surface area (Å²) in [6, 6.07) is 5.33. The smallest absolute Gasteiger partial charge is 0.337 e. The molecule has 1 aromatic carbocycles. The van der Waals surface area contributed by atoms with Crippen molar-refractivity contribution in [1.29, 1.82) is 5.26 Å². The topological polar surface area (TPSA) is 128 Å². The van der Waals surface area contributed by atoms with Crippen LogP contribution in [0.2, 0.25) is 0 Å². The van der Waals surface area contributed by atoms with Gasteiger partial charge >= 0.3 is 5.97 Å². The molecule has 0 unspecified atom stereocenters. The zero-order chi connectivity index (χ0) is 15.4. The zero-order valence-corrected chi connectivity index (χ0v) is 11.4. The van der Waals surface area contributed by atoms with Gasteiger partial charge in [-0.25, -0.2) is 4.79 Å². The summed E-state index contributed by atoms with van der Waals surface area (Å²) in [6.07, 6.45) is 1.36. The predicted octanol–water partition coefficient (Wildman–Crippen LogP) is 1.49. The van der Waals surface area contributed by atoms with Crippen LogP contribution < -0.4 is 5.32 Å². The second-order valence-electron chi connectivity index (χ2n) is 4.36. The van der Waals surface area contributed by atoms with Crippen LogP contribution in [0.5, 0.6) is 0 Å². The number of carbonyl (C=O) groups is 1. The lowest BCUT2D eigenvalue weighted by Gasteiger charge is -2.11. The third-order valence-electron chi connectivity index (χ3n) is 2.78. The molecule has 0 aliphatic carbocycles. The highest BCUT2D eigenvalue weighted by molar-refractivity contribution is 5.96. The van der Waals surface area contributed by atoms with Crippen molar-refractivity contribution < 1.29 is 9.90 Å². The molecule has 2 rings (SSSR count). The van der Waals surface area contributed by atoms with Crippen LogP contribution in [0.1, 0.15) is 27.3 Å². The Hall–Kier alpha value is -3.21. The van der Waals surface area contributed by atoms with E-state index in [0.29, 0.717) is 5.69 Å². The molecule has 0 radical (unpaired) electrons. The van der Waals surface area contributed by atoms with Gasteiger partial charge in [-0.3, -0.25) is 0 Å². The van der Waals surface area contributed by atoms with Gasteiger partial charge in [0.15, 0.2) is 0 Å². The molecule has 0 aliphatic rings. The second kappa shape index (κ2) is 5.83. The van der Waals surface area contributed by atoms with E-state index in [9.17, 15) is 9.90 Å². The van der Waals surface area contributed by atoms with Crippen LogP contribution in [0.3, 0.4) is 0 Å². The molecule has 2 aromatic rings. The van der Waals surface area contributed by atoms with Gasteiger partial charge in [-0.2, -0.15) is 10.5 Å². The average molecular weight is 284 g/mol. The Morgan fingerprint density at radius 3 is 2.81 bits per heavy atom. The molecule has 0 fully saturated rings. The number of benzene rings is 1. The highest BCUT2D eigenvalue weighted by Crippen LogP contribution is 2.23. The van der Waals surface area contributed by atoms with Gasteiger partial charge in [0, 0.05) is 6.20 Å². The number of carboxylic acid groups (broad SMARTS) is 1. The van der Waals surface area contributed by atoms with Crippen molar-refractivity contribution in [1.82, 2.24) is 20.6 Å². The van der Waals surface area contributed by atoms with E-state index in [1.54, 1.807) is 13.0 Å². The largest absolute Gasteiger partial charge is 0.478 e. The molecule has 8 nitrogen and oxygen atoms in total. The number of aromatic nitrogens is 4. The number of tetrazole rings is 1. The summed E-state index contributed by atoms with van der Waals surface area (Å²) < 4.78 is 0. The Bertz CT molecular complexity index is 743. The number of H-pyrrole nitrogens is 1. The molecule has 3 N–H and O–H groups in total. The van der Waals surface area contributed by atoms with Crippen LogP contribution in [-0.4, -0.2) is 31.7 Å². The lowest BCUT2D eigenvalue weighted by molar-refractivity contribution is 0.0698. The fourth-order valence-electron chi connectivity index (χ4n) is 1.89. The van der Waals surface area contributed by atoms with Crippen molar-refractivity contribution in [2.24, 2.45) is 0 Å². The number of rotatable bonds is 4. The van der Waals surface area contributed by atoms with Crippen LogP contribution in [0.15, 0.2) is 18.3 Å². The van der Waals surface area contributed by atoms with Gasteiger partial charge in [-0.05, 0) is 36.3 Å². The first-order valence-corrected chi connectivity index (χ1v) is 5.98. The van der Waals surface area contributed by atoms with Crippen LogP contribution >= 0.6 is 0 Å². The summed E-state index contributed by atoms with van der Waals surface area (Å²) in [6.45, 7) is 3.61. The lowest BCUT2D eigenvalue weighted by Crippen LogP contribution is -2.05. The normalized spacial score (nSPS) is 11.0. The molecular weight excluding hydrogens is 272 g/mol. The molecule has 0 atom stereocenters. The van der Waals surface area contributed by atoms with Crippen LogP contribution in [-0.2, 0) is 0 Å². The summed E-state index contributed by atoms with van der Waals surface area (Å²) in [5, 5.41) is 34.2. The molecule has 21 heavy (non-hydrogen) atoms. The van der Waals surface area contributed by atoms with Gasteiger partial charge in [-0.1, -0.05) is 6.07 Å². The fourth-order valence-corrected chi connectivity index (χ4v) is 1.89. The number of aromatic carboxylic acids is 1. The third kappa shape index (κ3) is 3.03. The van der Waals surface area contributed by atoms with Crippen molar-refractivity contribution in [3.63, 3.8) is 0 Å². The molecule has 0 amide bonds. The van der Waals surface area contributed by atoms with Crippen LogP contribution in [0.25, 0.3) is 5.57 Å². The maximum atomic E-state index is 11.3. The number of nitriles is 1. The summed E-state index contributed by atoms with van der Waals surface area (Å²) >= 11 is 0. The first-order valence-electron chi connectivity index (χ1n) is 5.98. The minimum atomic E-state index is -1.05. The Labute approximate surface area is 120 Å². The Morgan fingerprint density at radius 2 is 2.24 bits per heavy atom. The van der Waals surface area contributed by atoms with Crippen molar-refractivity contribution in [3.05, 3.63) is 40.8 Å². The number of allylic oxidation sites excluding steroid dienone is 1. The van der Waals surface area contributed by atoms with Crippen molar-refractivity contribution in [3.8, 4) is 6.07 Å². The van der Waals surface area contributed by atoms with Gasteiger partial charge in [0.1, 0.15) is 11.6 Å². The van der Waals surface area contributed by atoms with E-state index < -0.39 is 5.97 Å². The number of anilines is 1. The van der Waals surface area contributed by atoms with E-state index in [-0.39, 0.29) is 17.0 Å². The highest BCUT2D eigenvalue weighted by Gasteiger charge is 2.13. The summed E-state index contributed by atoms with van der Waals surface area (Å²) in [7, 11) is 0. The van der Waals surface area contributed by atoms with Crippen molar-refractivity contribution >= 4 is 17.2 Å². The number of nitrogens with zero attached hydrogens (tertiary/aromatic N) is 4. The molecule has 0 saturated heterocycles.